The van der Waals surface area contributed by atoms with Crippen LogP contribution >= 0.6 is 0 Å². The summed E-state index contributed by atoms with van der Waals surface area (Å²) in [5.41, 5.74) is 12.0. The van der Waals surface area contributed by atoms with Gasteiger partial charge >= 0.3 is 0 Å². The molecule has 0 aromatic heterocycles. The molecule has 0 saturated heterocycles. The highest BCUT2D eigenvalue weighted by atomic mass is 16.2. The van der Waals surface area contributed by atoms with Crippen LogP contribution in [-0.2, 0) is 17.6 Å². The van der Waals surface area contributed by atoms with E-state index in [1.165, 1.54) is 5.56 Å². The SMILES string of the molecule is CCc1ccccc1C(N)c1ccc2c(c1)CC(=O)N2C. The third kappa shape index (κ3) is 2.34. The quantitative estimate of drug-likeness (QED) is 0.939. The summed E-state index contributed by atoms with van der Waals surface area (Å²) in [6.45, 7) is 2.14. The number of likely N-dealkylation sites (N-methyl/N-ethyl adjacent to an activating group) is 1. The van der Waals surface area contributed by atoms with E-state index in [1.807, 2.05) is 31.3 Å². The van der Waals surface area contributed by atoms with Gasteiger partial charge in [-0.3, -0.25) is 4.79 Å². The van der Waals surface area contributed by atoms with Gasteiger partial charge in [-0.25, -0.2) is 0 Å². The molecule has 2 aromatic carbocycles. The monoisotopic (exact) mass is 280 g/mol. The molecular formula is C18H20N2O. The minimum Gasteiger partial charge on any atom is -0.320 e. The van der Waals surface area contributed by atoms with Crippen LogP contribution in [-0.4, -0.2) is 13.0 Å². The van der Waals surface area contributed by atoms with Gasteiger partial charge in [-0.15, -0.1) is 0 Å². The maximum atomic E-state index is 11.8. The van der Waals surface area contributed by atoms with Gasteiger partial charge in [-0.1, -0.05) is 43.3 Å². The second kappa shape index (κ2) is 5.34. The summed E-state index contributed by atoms with van der Waals surface area (Å²) in [5, 5.41) is 0. The Kier molecular flexibility index (Phi) is 3.52. The fourth-order valence-electron chi connectivity index (χ4n) is 3.02. The van der Waals surface area contributed by atoms with E-state index in [1.54, 1.807) is 4.90 Å². The zero-order valence-corrected chi connectivity index (χ0v) is 12.5. The topological polar surface area (TPSA) is 46.3 Å². The largest absolute Gasteiger partial charge is 0.320 e. The Morgan fingerprint density at radius 3 is 2.76 bits per heavy atom. The predicted molar refractivity (Wildman–Crippen MR) is 85.4 cm³/mol. The molecule has 3 nitrogen and oxygen atoms in total. The van der Waals surface area contributed by atoms with E-state index in [-0.39, 0.29) is 11.9 Å². The highest BCUT2D eigenvalue weighted by Gasteiger charge is 2.25. The summed E-state index contributed by atoms with van der Waals surface area (Å²) >= 11 is 0. The lowest BCUT2D eigenvalue weighted by Crippen LogP contribution is -2.20. The van der Waals surface area contributed by atoms with Gasteiger partial charge < -0.3 is 10.6 Å². The van der Waals surface area contributed by atoms with Gasteiger partial charge in [0.15, 0.2) is 0 Å². The minimum atomic E-state index is -0.146. The first-order valence-corrected chi connectivity index (χ1v) is 7.34. The van der Waals surface area contributed by atoms with Crippen LogP contribution in [0.15, 0.2) is 42.5 Å². The highest BCUT2D eigenvalue weighted by molar-refractivity contribution is 6.00. The van der Waals surface area contributed by atoms with Crippen LogP contribution in [0.1, 0.15) is 35.2 Å². The van der Waals surface area contributed by atoms with Crippen molar-refractivity contribution in [3.05, 3.63) is 64.7 Å². The van der Waals surface area contributed by atoms with Gasteiger partial charge in [-0.2, -0.15) is 0 Å². The Hall–Kier alpha value is -2.13. The molecule has 2 N–H and O–H groups in total. The van der Waals surface area contributed by atoms with Crippen LogP contribution in [0.25, 0.3) is 0 Å². The summed E-state index contributed by atoms with van der Waals surface area (Å²) in [4.78, 5) is 13.5. The van der Waals surface area contributed by atoms with Crippen molar-refractivity contribution in [3.63, 3.8) is 0 Å². The average Bonchev–Trinajstić information content (AvgIpc) is 2.80. The molecule has 1 heterocycles. The molecule has 1 aliphatic heterocycles. The lowest BCUT2D eigenvalue weighted by atomic mass is 9.93. The van der Waals surface area contributed by atoms with E-state index in [2.05, 4.69) is 25.1 Å². The molecule has 0 saturated carbocycles. The number of benzene rings is 2. The maximum absolute atomic E-state index is 11.8. The Morgan fingerprint density at radius 2 is 2.00 bits per heavy atom. The van der Waals surface area contributed by atoms with Crippen LogP contribution < -0.4 is 10.6 Å². The van der Waals surface area contributed by atoms with Crippen molar-refractivity contribution < 1.29 is 4.79 Å². The number of hydrogen-bond acceptors (Lipinski definition) is 2. The number of aryl methyl sites for hydroxylation is 1. The minimum absolute atomic E-state index is 0.143. The van der Waals surface area contributed by atoms with Crippen molar-refractivity contribution in [2.24, 2.45) is 5.73 Å². The van der Waals surface area contributed by atoms with E-state index in [0.29, 0.717) is 6.42 Å². The van der Waals surface area contributed by atoms with E-state index in [9.17, 15) is 4.79 Å². The number of fused-ring (bicyclic) bond motifs is 1. The van der Waals surface area contributed by atoms with Crippen molar-refractivity contribution in [1.29, 1.82) is 0 Å². The second-order valence-corrected chi connectivity index (χ2v) is 5.55. The number of nitrogens with two attached hydrogens (primary N) is 1. The summed E-state index contributed by atoms with van der Waals surface area (Å²) in [5.74, 6) is 0.143. The number of carbonyl (C=O) groups is 1. The molecule has 0 aliphatic carbocycles. The van der Waals surface area contributed by atoms with Crippen molar-refractivity contribution in [2.45, 2.75) is 25.8 Å². The Morgan fingerprint density at radius 1 is 1.24 bits per heavy atom. The molecular weight excluding hydrogens is 260 g/mol. The number of hydrogen-bond donors (Lipinski definition) is 1. The standard InChI is InChI=1S/C18H20N2O/c1-3-12-6-4-5-7-15(12)18(19)13-8-9-16-14(10-13)11-17(21)20(16)2/h4-10,18H,3,11,19H2,1-2H3. The molecule has 3 rings (SSSR count). The van der Waals surface area contributed by atoms with Crippen LogP contribution in [0, 0.1) is 0 Å². The molecule has 0 bridgehead atoms. The summed E-state index contributed by atoms with van der Waals surface area (Å²) in [7, 11) is 1.82. The van der Waals surface area contributed by atoms with Crippen LogP contribution in [0.5, 0.6) is 0 Å². The lowest BCUT2D eigenvalue weighted by Gasteiger charge is -2.18. The van der Waals surface area contributed by atoms with Crippen LogP contribution in [0.3, 0.4) is 0 Å². The molecule has 0 fully saturated rings. The fraction of sp³-hybridized carbons (Fsp3) is 0.278. The third-order valence-corrected chi connectivity index (χ3v) is 4.31. The van der Waals surface area contributed by atoms with E-state index < -0.39 is 0 Å². The van der Waals surface area contributed by atoms with Crippen molar-refractivity contribution >= 4 is 11.6 Å². The Bertz CT molecular complexity index is 693. The molecule has 0 radical (unpaired) electrons. The third-order valence-electron chi connectivity index (χ3n) is 4.31. The number of nitrogens with zero attached hydrogens (tertiary/aromatic N) is 1. The highest BCUT2D eigenvalue weighted by Crippen LogP contribution is 2.32. The molecule has 2 aromatic rings. The van der Waals surface area contributed by atoms with Crippen molar-refractivity contribution in [1.82, 2.24) is 0 Å². The van der Waals surface area contributed by atoms with Crippen molar-refractivity contribution in [3.8, 4) is 0 Å². The molecule has 21 heavy (non-hydrogen) atoms. The first-order valence-electron chi connectivity index (χ1n) is 7.34. The van der Waals surface area contributed by atoms with Crippen molar-refractivity contribution in [2.75, 3.05) is 11.9 Å². The Labute approximate surface area is 125 Å². The fourth-order valence-corrected chi connectivity index (χ4v) is 3.02. The number of rotatable bonds is 3. The van der Waals surface area contributed by atoms with Gasteiger partial charge in [0.1, 0.15) is 0 Å². The molecule has 108 valence electrons. The normalized spacial score (nSPS) is 15.2. The molecule has 1 atom stereocenters. The van der Waals surface area contributed by atoms with Crippen LogP contribution in [0.4, 0.5) is 5.69 Å². The Balaban J connectivity index is 1.98. The maximum Gasteiger partial charge on any atom is 0.231 e. The summed E-state index contributed by atoms with van der Waals surface area (Å²) in [6, 6.07) is 14.3. The molecule has 1 unspecified atom stereocenters. The van der Waals surface area contributed by atoms with Gasteiger partial charge in [0.05, 0.1) is 12.5 Å². The van der Waals surface area contributed by atoms with Gasteiger partial charge in [0, 0.05) is 12.7 Å². The predicted octanol–water partition coefficient (Wildman–Crippen LogP) is 2.82. The second-order valence-electron chi connectivity index (χ2n) is 5.55. The molecule has 1 amide bonds. The smallest absolute Gasteiger partial charge is 0.231 e. The molecule has 3 heteroatoms. The lowest BCUT2D eigenvalue weighted by molar-refractivity contribution is -0.117. The van der Waals surface area contributed by atoms with Crippen LogP contribution in [0.2, 0.25) is 0 Å². The first-order chi connectivity index (χ1) is 10.1. The molecule has 0 spiro atoms. The summed E-state index contributed by atoms with van der Waals surface area (Å²) in [6.07, 6.45) is 1.44. The number of carbonyl (C=O) groups excluding carboxylic acids is 1. The van der Waals surface area contributed by atoms with Gasteiger partial charge in [0.2, 0.25) is 5.91 Å². The number of anilines is 1. The molecule has 1 aliphatic rings. The van der Waals surface area contributed by atoms with E-state index >= 15 is 0 Å². The summed E-state index contributed by atoms with van der Waals surface area (Å²) < 4.78 is 0. The van der Waals surface area contributed by atoms with E-state index in [0.717, 1.165) is 28.8 Å². The zero-order chi connectivity index (χ0) is 15.0. The van der Waals surface area contributed by atoms with Gasteiger partial charge in [0.25, 0.3) is 0 Å². The zero-order valence-electron chi connectivity index (χ0n) is 12.5. The van der Waals surface area contributed by atoms with E-state index in [4.69, 9.17) is 5.73 Å². The number of amides is 1. The van der Waals surface area contributed by atoms with Gasteiger partial charge in [-0.05, 0) is 34.7 Å². The first kappa shape index (κ1) is 13.8. The average molecular weight is 280 g/mol.